The first kappa shape index (κ1) is 13.8. The van der Waals surface area contributed by atoms with Gasteiger partial charge in [0.25, 0.3) is 0 Å². The highest BCUT2D eigenvalue weighted by Crippen LogP contribution is 2.18. The van der Waals surface area contributed by atoms with E-state index in [1.807, 2.05) is 6.07 Å². The summed E-state index contributed by atoms with van der Waals surface area (Å²) in [6.45, 7) is 0.471. The van der Waals surface area contributed by atoms with Crippen LogP contribution in [0.15, 0.2) is 30.3 Å². The number of aliphatic carboxylic acids is 1. The van der Waals surface area contributed by atoms with Crippen LogP contribution in [-0.2, 0) is 9.59 Å². The summed E-state index contributed by atoms with van der Waals surface area (Å²) in [6.07, 6.45) is 4.16. The summed E-state index contributed by atoms with van der Waals surface area (Å²) in [7, 11) is 0. The second-order valence-electron chi connectivity index (χ2n) is 4.60. The van der Waals surface area contributed by atoms with Gasteiger partial charge in [0, 0.05) is 12.6 Å². The highest BCUT2D eigenvalue weighted by atomic mass is 16.4. The summed E-state index contributed by atoms with van der Waals surface area (Å²) in [5.41, 5.74) is 1.26. The highest BCUT2D eigenvalue weighted by molar-refractivity contribution is 5.94. The zero-order chi connectivity index (χ0) is 14.5. The zero-order valence-corrected chi connectivity index (χ0v) is 10.8. The summed E-state index contributed by atoms with van der Waals surface area (Å²) in [4.78, 5) is 24.4. The topological polar surface area (TPSA) is 81.4 Å². The van der Waals surface area contributed by atoms with Gasteiger partial charge in [-0.05, 0) is 36.6 Å². The van der Waals surface area contributed by atoms with Gasteiger partial charge < -0.3 is 10.0 Å². The third kappa shape index (κ3) is 3.04. The van der Waals surface area contributed by atoms with Crippen LogP contribution in [0.2, 0.25) is 0 Å². The summed E-state index contributed by atoms with van der Waals surface area (Å²) in [6, 6.07) is 8.17. The number of rotatable bonds is 3. The number of likely N-dealkylation sites (tertiary alicyclic amines) is 1. The molecule has 1 aromatic carbocycles. The lowest BCUT2D eigenvalue weighted by Crippen LogP contribution is -2.39. The van der Waals surface area contributed by atoms with Crippen LogP contribution in [0, 0.1) is 11.3 Å². The van der Waals surface area contributed by atoms with E-state index in [4.69, 9.17) is 10.4 Å². The van der Waals surface area contributed by atoms with E-state index in [0.29, 0.717) is 24.9 Å². The van der Waals surface area contributed by atoms with E-state index in [9.17, 15) is 9.59 Å². The van der Waals surface area contributed by atoms with Crippen molar-refractivity contribution in [1.82, 2.24) is 4.90 Å². The van der Waals surface area contributed by atoms with Crippen molar-refractivity contribution in [3.63, 3.8) is 0 Å². The van der Waals surface area contributed by atoms with Gasteiger partial charge >= 0.3 is 5.97 Å². The molecule has 1 aromatic rings. The van der Waals surface area contributed by atoms with Crippen LogP contribution >= 0.6 is 0 Å². The molecule has 0 aliphatic carbocycles. The molecule has 0 bridgehead atoms. The predicted octanol–water partition coefficient (Wildman–Crippen LogP) is 1.65. The average molecular weight is 270 g/mol. The maximum absolute atomic E-state index is 12.0. The second-order valence-corrected chi connectivity index (χ2v) is 4.60. The van der Waals surface area contributed by atoms with Crippen molar-refractivity contribution in [3.8, 4) is 6.07 Å². The van der Waals surface area contributed by atoms with Gasteiger partial charge in [-0.3, -0.25) is 4.79 Å². The summed E-state index contributed by atoms with van der Waals surface area (Å²) >= 11 is 0. The quantitative estimate of drug-likeness (QED) is 0.847. The molecule has 1 saturated heterocycles. The van der Waals surface area contributed by atoms with E-state index in [0.717, 1.165) is 5.56 Å². The second kappa shape index (κ2) is 6.02. The zero-order valence-electron chi connectivity index (χ0n) is 10.8. The molecule has 1 aliphatic rings. The number of hydrogen-bond acceptors (Lipinski definition) is 3. The van der Waals surface area contributed by atoms with Gasteiger partial charge in [0.15, 0.2) is 0 Å². The predicted molar refractivity (Wildman–Crippen MR) is 72.6 cm³/mol. The maximum Gasteiger partial charge on any atom is 0.326 e. The summed E-state index contributed by atoms with van der Waals surface area (Å²) < 4.78 is 0. The minimum absolute atomic E-state index is 0.308. The smallest absolute Gasteiger partial charge is 0.326 e. The molecule has 1 fully saturated rings. The molecule has 1 heterocycles. The average Bonchev–Trinajstić information content (AvgIpc) is 2.94. The lowest BCUT2D eigenvalue weighted by Gasteiger charge is -2.19. The number of carboxylic acids is 1. The molecule has 2 rings (SSSR count). The number of nitriles is 1. The fourth-order valence-corrected chi connectivity index (χ4v) is 2.26. The van der Waals surface area contributed by atoms with Crippen molar-refractivity contribution in [1.29, 1.82) is 5.26 Å². The van der Waals surface area contributed by atoms with Gasteiger partial charge in [-0.1, -0.05) is 12.1 Å². The Morgan fingerprint density at radius 1 is 1.45 bits per heavy atom. The van der Waals surface area contributed by atoms with Crippen molar-refractivity contribution < 1.29 is 14.7 Å². The van der Waals surface area contributed by atoms with E-state index in [2.05, 4.69) is 0 Å². The number of amides is 1. The van der Waals surface area contributed by atoms with Gasteiger partial charge in [-0.25, -0.2) is 4.79 Å². The third-order valence-corrected chi connectivity index (χ3v) is 3.26. The molecule has 5 heteroatoms. The SMILES string of the molecule is N#Cc1cccc(/C=C/C(=O)N2CCC[C@H]2C(=O)O)c1. The van der Waals surface area contributed by atoms with Crippen molar-refractivity contribution in [2.75, 3.05) is 6.54 Å². The van der Waals surface area contributed by atoms with Gasteiger partial charge in [-0.15, -0.1) is 0 Å². The van der Waals surface area contributed by atoms with Crippen LogP contribution in [-0.4, -0.2) is 34.5 Å². The Morgan fingerprint density at radius 2 is 2.25 bits per heavy atom. The summed E-state index contributed by atoms with van der Waals surface area (Å²) in [5, 5.41) is 17.8. The molecule has 102 valence electrons. The van der Waals surface area contributed by atoms with Gasteiger partial charge in [0.05, 0.1) is 11.6 Å². The standard InChI is InChI=1S/C15H14N2O3/c16-10-12-4-1-3-11(9-12)6-7-14(18)17-8-2-5-13(17)15(19)20/h1,3-4,6-7,9,13H,2,5,8H2,(H,19,20)/b7-6+/t13-/m0/s1. The number of carboxylic acid groups (broad SMARTS) is 1. The van der Waals surface area contributed by atoms with Gasteiger partial charge in [0.2, 0.25) is 5.91 Å². The minimum Gasteiger partial charge on any atom is -0.480 e. The number of nitrogens with zero attached hydrogens (tertiary/aromatic N) is 2. The molecule has 20 heavy (non-hydrogen) atoms. The minimum atomic E-state index is -0.962. The molecule has 1 atom stereocenters. The lowest BCUT2D eigenvalue weighted by molar-refractivity contribution is -0.146. The van der Waals surface area contributed by atoms with Crippen molar-refractivity contribution >= 4 is 18.0 Å². The van der Waals surface area contributed by atoms with Crippen LogP contribution in [0.1, 0.15) is 24.0 Å². The van der Waals surface area contributed by atoms with E-state index in [-0.39, 0.29) is 5.91 Å². The van der Waals surface area contributed by atoms with Gasteiger partial charge in [-0.2, -0.15) is 5.26 Å². The van der Waals surface area contributed by atoms with E-state index in [1.165, 1.54) is 11.0 Å². The monoisotopic (exact) mass is 270 g/mol. The Labute approximate surface area is 116 Å². The largest absolute Gasteiger partial charge is 0.480 e. The van der Waals surface area contributed by atoms with E-state index in [1.54, 1.807) is 30.3 Å². The summed E-state index contributed by atoms with van der Waals surface area (Å²) in [5.74, 6) is -1.27. The molecule has 1 aliphatic heterocycles. The molecule has 1 amide bonds. The molecule has 0 aromatic heterocycles. The molecule has 1 N–H and O–H groups in total. The van der Waals surface area contributed by atoms with Crippen molar-refractivity contribution in [2.24, 2.45) is 0 Å². The number of carbonyl (C=O) groups excluding carboxylic acids is 1. The molecule has 5 nitrogen and oxygen atoms in total. The highest BCUT2D eigenvalue weighted by Gasteiger charge is 2.32. The number of benzene rings is 1. The molecule has 0 saturated carbocycles. The Balaban J connectivity index is 2.09. The molecule has 0 radical (unpaired) electrons. The first-order valence-corrected chi connectivity index (χ1v) is 6.33. The fourth-order valence-electron chi connectivity index (χ4n) is 2.26. The Bertz CT molecular complexity index is 601. The molecule has 0 spiro atoms. The third-order valence-electron chi connectivity index (χ3n) is 3.26. The van der Waals surface area contributed by atoms with Crippen LogP contribution in [0.25, 0.3) is 6.08 Å². The van der Waals surface area contributed by atoms with Crippen LogP contribution < -0.4 is 0 Å². The van der Waals surface area contributed by atoms with Crippen LogP contribution in [0.5, 0.6) is 0 Å². The fraction of sp³-hybridized carbons (Fsp3) is 0.267. The van der Waals surface area contributed by atoms with Crippen LogP contribution in [0.3, 0.4) is 0 Å². The number of hydrogen-bond donors (Lipinski definition) is 1. The first-order chi connectivity index (χ1) is 9.61. The molecular formula is C15H14N2O3. The molecule has 0 unspecified atom stereocenters. The van der Waals surface area contributed by atoms with Crippen LogP contribution in [0.4, 0.5) is 0 Å². The Morgan fingerprint density at radius 3 is 2.95 bits per heavy atom. The lowest BCUT2D eigenvalue weighted by atomic mass is 10.1. The normalized spacial score (nSPS) is 18.1. The van der Waals surface area contributed by atoms with Crippen molar-refractivity contribution in [2.45, 2.75) is 18.9 Å². The Hall–Kier alpha value is -2.61. The maximum atomic E-state index is 12.0. The van der Waals surface area contributed by atoms with E-state index < -0.39 is 12.0 Å². The van der Waals surface area contributed by atoms with Gasteiger partial charge in [0.1, 0.15) is 6.04 Å². The van der Waals surface area contributed by atoms with E-state index >= 15 is 0 Å². The number of carbonyl (C=O) groups is 2. The first-order valence-electron chi connectivity index (χ1n) is 6.33. The Kier molecular flexibility index (Phi) is 4.16. The molecular weight excluding hydrogens is 256 g/mol. The van der Waals surface area contributed by atoms with Crippen molar-refractivity contribution in [3.05, 3.63) is 41.5 Å².